The number of alkyl halides is 2. The Hall–Kier alpha value is -1.20. The second-order valence-electron chi connectivity index (χ2n) is 6.98. The molecule has 0 amide bonds. The highest BCUT2D eigenvalue weighted by Crippen LogP contribution is 2.24. The van der Waals surface area contributed by atoms with Crippen LogP contribution in [0.25, 0.3) is 0 Å². The van der Waals surface area contributed by atoms with Crippen LogP contribution in [0.1, 0.15) is 44.1 Å². The minimum absolute atomic E-state index is 0.258. The van der Waals surface area contributed by atoms with Crippen molar-refractivity contribution in [2.75, 3.05) is 26.2 Å². The zero-order valence-corrected chi connectivity index (χ0v) is 14.3. The molecule has 24 heavy (non-hydrogen) atoms. The van der Waals surface area contributed by atoms with Gasteiger partial charge in [0.1, 0.15) is 5.75 Å². The van der Waals surface area contributed by atoms with Crippen molar-refractivity contribution in [1.29, 1.82) is 0 Å². The molecule has 3 rings (SSSR count). The van der Waals surface area contributed by atoms with Crippen LogP contribution in [0.4, 0.5) is 8.78 Å². The minimum Gasteiger partial charge on any atom is -0.435 e. The molecular formula is C19H28F2N2O. The lowest BCUT2D eigenvalue weighted by Gasteiger charge is -2.36. The van der Waals surface area contributed by atoms with Crippen molar-refractivity contribution in [3.8, 4) is 5.75 Å². The lowest BCUT2D eigenvalue weighted by Crippen LogP contribution is -2.40. The average Bonchev–Trinajstić information content (AvgIpc) is 3.07. The molecule has 0 saturated carbocycles. The second kappa shape index (κ2) is 8.77. The SMILES string of the molecule is FC(F)Oc1cccc(CN2CCCCC2CCN2CCCC2)c1. The van der Waals surface area contributed by atoms with E-state index in [1.807, 2.05) is 6.07 Å². The first-order valence-corrected chi connectivity index (χ1v) is 9.21. The summed E-state index contributed by atoms with van der Waals surface area (Å²) in [6.07, 6.45) is 7.67. The summed E-state index contributed by atoms with van der Waals surface area (Å²) in [6.45, 7) is 2.86. The van der Waals surface area contributed by atoms with Gasteiger partial charge in [0.25, 0.3) is 0 Å². The number of ether oxygens (including phenoxy) is 1. The number of hydrogen-bond acceptors (Lipinski definition) is 3. The predicted octanol–water partition coefficient (Wildman–Crippen LogP) is 4.13. The Labute approximate surface area is 143 Å². The quantitative estimate of drug-likeness (QED) is 0.743. The van der Waals surface area contributed by atoms with E-state index in [1.165, 1.54) is 58.2 Å². The third kappa shape index (κ3) is 5.15. The smallest absolute Gasteiger partial charge is 0.387 e. The van der Waals surface area contributed by atoms with E-state index in [0.717, 1.165) is 18.7 Å². The Morgan fingerprint density at radius 2 is 1.88 bits per heavy atom. The molecule has 2 aliphatic rings. The maximum atomic E-state index is 12.4. The van der Waals surface area contributed by atoms with Crippen molar-refractivity contribution < 1.29 is 13.5 Å². The zero-order chi connectivity index (χ0) is 16.8. The van der Waals surface area contributed by atoms with E-state index < -0.39 is 6.61 Å². The molecule has 2 heterocycles. The van der Waals surface area contributed by atoms with Gasteiger partial charge in [-0.2, -0.15) is 8.78 Å². The van der Waals surface area contributed by atoms with Gasteiger partial charge in [0.2, 0.25) is 0 Å². The highest BCUT2D eigenvalue weighted by Gasteiger charge is 2.23. The summed E-state index contributed by atoms with van der Waals surface area (Å²) < 4.78 is 29.3. The van der Waals surface area contributed by atoms with Gasteiger partial charge in [-0.1, -0.05) is 18.6 Å². The van der Waals surface area contributed by atoms with E-state index in [-0.39, 0.29) is 5.75 Å². The normalized spacial score (nSPS) is 23.0. The van der Waals surface area contributed by atoms with Gasteiger partial charge >= 0.3 is 6.61 Å². The Balaban J connectivity index is 1.56. The first-order chi connectivity index (χ1) is 11.7. The molecule has 1 unspecified atom stereocenters. The second-order valence-corrected chi connectivity index (χ2v) is 6.98. The van der Waals surface area contributed by atoms with Crippen LogP contribution in [0.5, 0.6) is 5.75 Å². The number of piperidine rings is 1. The molecule has 2 aliphatic heterocycles. The summed E-state index contributed by atoms with van der Waals surface area (Å²) in [5, 5.41) is 0. The van der Waals surface area contributed by atoms with Gasteiger partial charge in [-0.3, -0.25) is 4.90 Å². The molecular weight excluding hydrogens is 310 g/mol. The molecule has 3 nitrogen and oxygen atoms in total. The molecule has 2 fully saturated rings. The van der Waals surface area contributed by atoms with E-state index in [9.17, 15) is 8.78 Å². The number of benzene rings is 1. The van der Waals surface area contributed by atoms with Gasteiger partial charge in [0, 0.05) is 12.6 Å². The molecule has 0 aromatic heterocycles. The summed E-state index contributed by atoms with van der Waals surface area (Å²) in [7, 11) is 0. The van der Waals surface area contributed by atoms with Gasteiger partial charge in [-0.05, 0) is 76.0 Å². The third-order valence-corrected chi connectivity index (χ3v) is 5.24. The van der Waals surface area contributed by atoms with E-state index in [4.69, 9.17) is 0 Å². The molecule has 0 bridgehead atoms. The van der Waals surface area contributed by atoms with E-state index in [2.05, 4.69) is 14.5 Å². The average molecular weight is 338 g/mol. The molecule has 1 aromatic carbocycles. The molecule has 0 radical (unpaired) electrons. The van der Waals surface area contributed by atoms with E-state index in [1.54, 1.807) is 18.2 Å². The van der Waals surface area contributed by atoms with Crippen molar-refractivity contribution in [2.24, 2.45) is 0 Å². The van der Waals surface area contributed by atoms with Crippen LogP contribution >= 0.6 is 0 Å². The summed E-state index contributed by atoms with van der Waals surface area (Å²) in [5.41, 5.74) is 1.06. The van der Waals surface area contributed by atoms with Gasteiger partial charge in [-0.25, -0.2) is 0 Å². The first-order valence-electron chi connectivity index (χ1n) is 9.21. The number of halogens is 2. The fourth-order valence-corrected chi connectivity index (χ4v) is 3.99. The lowest BCUT2D eigenvalue weighted by molar-refractivity contribution is -0.0499. The van der Waals surface area contributed by atoms with Crippen molar-refractivity contribution in [3.63, 3.8) is 0 Å². The minimum atomic E-state index is -2.76. The van der Waals surface area contributed by atoms with Crippen LogP contribution in [-0.2, 0) is 6.54 Å². The maximum absolute atomic E-state index is 12.4. The third-order valence-electron chi connectivity index (χ3n) is 5.24. The standard InChI is InChI=1S/C19H28F2N2O/c20-19(21)24-18-8-5-6-16(14-18)15-23-12-2-1-7-17(23)9-13-22-10-3-4-11-22/h5-6,8,14,17,19H,1-4,7,9-13,15H2. The van der Waals surface area contributed by atoms with Crippen molar-refractivity contribution in [3.05, 3.63) is 29.8 Å². The van der Waals surface area contributed by atoms with Gasteiger partial charge in [-0.15, -0.1) is 0 Å². The molecule has 0 aliphatic carbocycles. The van der Waals surface area contributed by atoms with E-state index in [0.29, 0.717) is 6.04 Å². The number of rotatable bonds is 7. The highest BCUT2D eigenvalue weighted by molar-refractivity contribution is 5.28. The van der Waals surface area contributed by atoms with Crippen LogP contribution in [0, 0.1) is 0 Å². The van der Waals surface area contributed by atoms with Crippen LogP contribution in [0.2, 0.25) is 0 Å². The maximum Gasteiger partial charge on any atom is 0.387 e. The van der Waals surface area contributed by atoms with Gasteiger partial charge < -0.3 is 9.64 Å². The monoisotopic (exact) mass is 338 g/mol. The summed E-state index contributed by atoms with van der Waals surface area (Å²) in [5.74, 6) is 0.258. The zero-order valence-electron chi connectivity index (χ0n) is 14.3. The molecule has 0 N–H and O–H groups in total. The fraction of sp³-hybridized carbons (Fsp3) is 0.684. The topological polar surface area (TPSA) is 15.7 Å². The summed E-state index contributed by atoms with van der Waals surface area (Å²) >= 11 is 0. The molecule has 134 valence electrons. The first kappa shape index (κ1) is 17.6. The van der Waals surface area contributed by atoms with Gasteiger partial charge in [0.15, 0.2) is 0 Å². The molecule has 1 atom stereocenters. The Morgan fingerprint density at radius 1 is 1.08 bits per heavy atom. The molecule has 5 heteroatoms. The van der Waals surface area contributed by atoms with Crippen LogP contribution in [0.3, 0.4) is 0 Å². The number of hydrogen-bond donors (Lipinski definition) is 0. The number of nitrogens with zero attached hydrogens (tertiary/aromatic N) is 2. The van der Waals surface area contributed by atoms with E-state index >= 15 is 0 Å². The van der Waals surface area contributed by atoms with Crippen molar-refractivity contribution in [1.82, 2.24) is 9.80 Å². The molecule has 2 saturated heterocycles. The summed E-state index contributed by atoms with van der Waals surface area (Å²) in [6, 6.07) is 7.76. The van der Waals surface area contributed by atoms with Crippen LogP contribution < -0.4 is 4.74 Å². The van der Waals surface area contributed by atoms with Crippen LogP contribution in [0.15, 0.2) is 24.3 Å². The Kier molecular flexibility index (Phi) is 6.44. The Bertz CT molecular complexity index is 506. The lowest BCUT2D eigenvalue weighted by atomic mass is 9.98. The van der Waals surface area contributed by atoms with Crippen LogP contribution in [-0.4, -0.2) is 48.6 Å². The Morgan fingerprint density at radius 3 is 2.67 bits per heavy atom. The summed E-state index contributed by atoms with van der Waals surface area (Å²) in [4.78, 5) is 5.10. The largest absolute Gasteiger partial charge is 0.435 e. The fourth-order valence-electron chi connectivity index (χ4n) is 3.99. The highest BCUT2D eigenvalue weighted by atomic mass is 19.3. The van der Waals surface area contributed by atoms with Crippen molar-refractivity contribution >= 4 is 0 Å². The number of likely N-dealkylation sites (tertiary alicyclic amines) is 2. The van der Waals surface area contributed by atoms with Gasteiger partial charge in [0.05, 0.1) is 0 Å². The predicted molar refractivity (Wildman–Crippen MR) is 91.4 cm³/mol. The molecule has 1 aromatic rings. The molecule has 0 spiro atoms. The van der Waals surface area contributed by atoms with Crippen molar-refractivity contribution in [2.45, 2.75) is 57.7 Å².